The second kappa shape index (κ2) is 9.56. The molecule has 0 bridgehead atoms. The summed E-state index contributed by atoms with van der Waals surface area (Å²) < 4.78 is 5.41. The topological polar surface area (TPSA) is 134 Å². The van der Waals surface area contributed by atoms with Crippen LogP contribution in [0.4, 0.5) is 4.79 Å². The summed E-state index contributed by atoms with van der Waals surface area (Å²) in [7, 11) is 0. The lowest BCUT2D eigenvalue weighted by molar-refractivity contribution is -0.143. The number of fused-ring (bicyclic) bond motifs is 3. The summed E-state index contributed by atoms with van der Waals surface area (Å²) in [6.45, 7) is 0.174. The van der Waals surface area contributed by atoms with Gasteiger partial charge in [-0.05, 0) is 22.3 Å². The molecular formula is C24H23N3O6. The summed E-state index contributed by atoms with van der Waals surface area (Å²) in [5, 5.41) is 16.4. The van der Waals surface area contributed by atoms with Gasteiger partial charge in [0.1, 0.15) is 18.6 Å². The summed E-state index contributed by atoms with van der Waals surface area (Å²) in [5.74, 6) is -3.41. The van der Waals surface area contributed by atoms with Crippen molar-refractivity contribution in [3.05, 3.63) is 71.8 Å². The van der Waals surface area contributed by atoms with Crippen LogP contribution in [0.2, 0.25) is 0 Å². The number of carbonyl (C=O) groups is 4. The van der Waals surface area contributed by atoms with Gasteiger partial charge in [-0.1, -0.05) is 54.6 Å². The van der Waals surface area contributed by atoms with E-state index in [1.165, 1.54) is 6.08 Å². The molecule has 2 aliphatic rings. The van der Waals surface area contributed by atoms with E-state index in [9.17, 15) is 19.2 Å². The van der Waals surface area contributed by atoms with Gasteiger partial charge in [-0.3, -0.25) is 14.4 Å². The molecule has 1 heterocycles. The molecule has 1 saturated heterocycles. The van der Waals surface area contributed by atoms with Crippen molar-refractivity contribution in [3.8, 4) is 11.1 Å². The Labute approximate surface area is 189 Å². The van der Waals surface area contributed by atoms with Gasteiger partial charge in [0.2, 0.25) is 11.8 Å². The second-order valence-electron chi connectivity index (χ2n) is 7.78. The number of carbonyl (C=O) groups excluding carboxylic acids is 3. The van der Waals surface area contributed by atoms with E-state index < -0.39 is 35.8 Å². The minimum atomic E-state index is -1.17. The van der Waals surface area contributed by atoms with Crippen molar-refractivity contribution in [1.82, 2.24) is 16.0 Å². The maximum Gasteiger partial charge on any atom is 0.407 e. The third-order valence-corrected chi connectivity index (χ3v) is 5.77. The molecule has 2 aromatic carbocycles. The molecule has 1 aliphatic carbocycles. The quantitative estimate of drug-likeness (QED) is 0.472. The lowest BCUT2D eigenvalue weighted by Gasteiger charge is -2.14. The fraction of sp³-hybridized carbons (Fsp3) is 0.250. The van der Waals surface area contributed by atoms with E-state index in [-0.39, 0.29) is 25.6 Å². The molecular weight excluding hydrogens is 426 g/mol. The Balaban J connectivity index is 1.25. The van der Waals surface area contributed by atoms with Crippen LogP contribution in [0.1, 0.15) is 17.0 Å². The van der Waals surface area contributed by atoms with Gasteiger partial charge in [-0.25, -0.2) is 4.79 Å². The van der Waals surface area contributed by atoms with Crippen LogP contribution in [0.15, 0.2) is 60.7 Å². The van der Waals surface area contributed by atoms with E-state index in [0.29, 0.717) is 0 Å². The van der Waals surface area contributed by atoms with Crippen molar-refractivity contribution >= 4 is 23.9 Å². The number of nitrogens with one attached hydrogen (secondary N) is 3. The first-order valence-corrected chi connectivity index (χ1v) is 10.5. The predicted molar refractivity (Wildman–Crippen MR) is 118 cm³/mol. The summed E-state index contributed by atoms with van der Waals surface area (Å²) in [4.78, 5) is 46.9. The highest BCUT2D eigenvalue weighted by atomic mass is 16.5. The molecule has 2 unspecified atom stereocenters. The largest absolute Gasteiger partial charge is 0.481 e. The first kappa shape index (κ1) is 22.1. The van der Waals surface area contributed by atoms with Crippen molar-refractivity contribution < 1.29 is 29.0 Å². The maximum absolute atomic E-state index is 12.1. The van der Waals surface area contributed by atoms with Crippen LogP contribution in [0.3, 0.4) is 0 Å². The van der Waals surface area contributed by atoms with Crippen LogP contribution in [-0.4, -0.2) is 54.7 Å². The SMILES string of the molecule is O=C(/C=C/CNC(=O)OCC1c2ccccc2-c2ccccc21)NC1C(=O)NCC1C(=O)O. The van der Waals surface area contributed by atoms with Crippen LogP contribution in [-0.2, 0) is 19.1 Å². The first-order valence-electron chi connectivity index (χ1n) is 10.5. The standard InChI is InChI=1S/C24H23N3O6/c28-20(27-21-18(23(30)31)12-26-22(21)29)10-5-11-25-24(32)33-13-19-16-8-3-1-6-14(16)15-7-2-4-9-17(15)19/h1-10,18-19,21H,11-13H2,(H,25,32)(H,26,29)(H,27,28)(H,30,31)/b10-5+. The molecule has 3 amide bonds. The van der Waals surface area contributed by atoms with E-state index in [1.807, 2.05) is 36.4 Å². The van der Waals surface area contributed by atoms with Gasteiger partial charge in [-0.15, -0.1) is 0 Å². The minimum Gasteiger partial charge on any atom is -0.481 e. The number of aliphatic carboxylic acids is 1. The second-order valence-corrected chi connectivity index (χ2v) is 7.78. The molecule has 0 saturated carbocycles. The molecule has 0 aromatic heterocycles. The van der Waals surface area contributed by atoms with Gasteiger partial charge in [0.25, 0.3) is 0 Å². The molecule has 0 radical (unpaired) electrons. The zero-order valence-corrected chi connectivity index (χ0v) is 17.6. The molecule has 0 spiro atoms. The molecule has 33 heavy (non-hydrogen) atoms. The summed E-state index contributed by atoms with van der Waals surface area (Å²) in [6.07, 6.45) is 1.90. The Kier molecular flexibility index (Phi) is 6.39. The van der Waals surface area contributed by atoms with Gasteiger partial charge in [0, 0.05) is 25.1 Å². The first-order chi connectivity index (χ1) is 16.0. The van der Waals surface area contributed by atoms with Crippen LogP contribution >= 0.6 is 0 Å². The van der Waals surface area contributed by atoms with E-state index >= 15 is 0 Å². The Morgan fingerprint density at radius 1 is 1.06 bits per heavy atom. The molecule has 1 fully saturated rings. The summed E-state index contributed by atoms with van der Waals surface area (Å²) in [5.41, 5.74) is 4.49. The molecule has 9 heteroatoms. The number of hydrogen-bond acceptors (Lipinski definition) is 5. The van der Waals surface area contributed by atoms with E-state index in [2.05, 4.69) is 28.1 Å². The number of amides is 3. The average molecular weight is 449 g/mol. The Morgan fingerprint density at radius 3 is 2.33 bits per heavy atom. The van der Waals surface area contributed by atoms with Crippen molar-refractivity contribution in [1.29, 1.82) is 0 Å². The van der Waals surface area contributed by atoms with Crippen molar-refractivity contribution in [2.24, 2.45) is 5.92 Å². The van der Waals surface area contributed by atoms with Crippen LogP contribution < -0.4 is 16.0 Å². The predicted octanol–water partition coefficient (Wildman–Crippen LogP) is 1.40. The van der Waals surface area contributed by atoms with E-state index in [0.717, 1.165) is 28.3 Å². The summed E-state index contributed by atoms with van der Waals surface area (Å²) in [6, 6.07) is 14.9. The highest BCUT2D eigenvalue weighted by Gasteiger charge is 2.40. The summed E-state index contributed by atoms with van der Waals surface area (Å²) >= 11 is 0. The lowest BCUT2D eigenvalue weighted by Crippen LogP contribution is -2.45. The van der Waals surface area contributed by atoms with E-state index in [4.69, 9.17) is 9.84 Å². The molecule has 1 aliphatic heterocycles. The van der Waals surface area contributed by atoms with Crippen LogP contribution in [0.5, 0.6) is 0 Å². The third kappa shape index (κ3) is 4.72. The molecule has 4 rings (SSSR count). The Bertz CT molecular complexity index is 1080. The number of carboxylic acids is 1. The van der Waals surface area contributed by atoms with Gasteiger partial charge in [-0.2, -0.15) is 0 Å². The number of rotatable bonds is 7. The number of alkyl carbamates (subject to hydrolysis) is 1. The Morgan fingerprint density at radius 2 is 1.70 bits per heavy atom. The van der Waals surface area contributed by atoms with Gasteiger partial charge in [0.05, 0.1) is 0 Å². The smallest absolute Gasteiger partial charge is 0.407 e. The molecule has 2 atom stereocenters. The third-order valence-electron chi connectivity index (χ3n) is 5.77. The highest BCUT2D eigenvalue weighted by Crippen LogP contribution is 2.44. The van der Waals surface area contributed by atoms with Crippen LogP contribution in [0.25, 0.3) is 11.1 Å². The minimum absolute atomic E-state index is 0.0311. The number of benzene rings is 2. The monoisotopic (exact) mass is 449 g/mol. The van der Waals surface area contributed by atoms with Crippen LogP contribution in [0, 0.1) is 5.92 Å². The molecule has 2 aromatic rings. The van der Waals surface area contributed by atoms with E-state index in [1.54, 1.807) is 0 Å². The molecule has 170 valence electrons. The zero-order valence-electron chi connectivity index (χ0n) is 17.6. The number of hydrogen-bond donors (Lipinski definition) is 4. The maximum atomic E-state index is 12.1. The molecule has 4 N–H and O–H groups in total. The van der Waals surface area contributed by atoms with Crippen molar-refractivity contribution in [3.63, 3.8) is 0 Å². The normalized spacial score (nSPS) is 19.0. The van der Waals surface area contributed by atoms with Crippen molar-refractivity contribution in [2.75, 3.05) is 19.7 Å². The van der Waals surface area contributed by atoms with Gasteiger partial charge < -0.3 is 25.8 Å². The fourth-order valence-corrected chi connectivity index (χ4v) is 4.18. The van der Waals surface area contributed by atoms with Gasteiger partial charge in [0.15, 0.2) is 0 Å². The average Bonchev–Trinajstić information content (AvgIpc) is 3.33. The lowest BCUT2D eigenvalue weighted by atomic mass is 9.98. The zero-order chi connectivity index (χ0) is 23.4. The van der Waals surface area contributed by atoms with Crippen molar-refractivity contribution in [2.45, 2.75) is 12.0 Å². The number of carboxylic acid groups (broad SMARTS) is 1. The Hall–Kier alpha value is -4.14. The molecule has 9 nitrogen and oxygen atoms in total. The fourth-order valence-electron chi connectivity index (χ4n) is 4.18. The number of ether oxygens (including phenoxy) is 1. The van der Waals surface area contributed by atoms with Gasteiger partial charge >= 0.3 is 12.1 Å². The highest BCUT2D eigenvalue weighted by molar-refractivity contribution is 5.97.